The molecule has 2 aliphatic heterocycles. The molecule has 168 valence electrons. The van der Waals surface area contributed by atoms with Crippen LogP contribution in [0.3, 0.4) is 0 Å². The molecule has 2 aliphatic rings. The highest BCUT2D eigenvalue weighted by Crippen LogP contribution is 2.39. The lowest BCUT2D eigenvalue weighted by Crippen LogP contribution is -2.42. The number of carbonyl (C=O) groups excluding carboxylic acids is 2. The van der Waals surface area contributed by atoms with Crippen molar-refractivity contribution in [1.82, 2.24) is 5.43 Å². The van der Waals surface area contributed by atoms with Gasteiger partial charge in [-0.25, -0.2) is 10.2 Å². The van der Waals surface area contributed by atoms with Gasteiger partial charge < -0.3 is 5.11 Å². The Morgan fingerprint density at radius 1 is 1.09 bits per heavy atom. The van der Waals surface area contributed by atoms with E-state index in [9.17, 15) is 19.5 Å². The maximum absolute atomic E-state index is 13.9. The lowest BCUT2D eigenvalue weighted by molar-refractivity contribution is -0.122. The number of hydrogen-bond donors (Lipinski definition) is 2. The minimum absolute atomic E-state index is 0.0212. The van der Waals surface area contributed by atoms with Crippen LogP contribution in [0.5, 0.6) is 0 Å². The summed E-state index contributed by atoms with van der Waals surface area (Å²) in [7, 11) is 0. The number of rotatable bonds is 5. The number of carboxylic acid groups (broad SMARTS) is 1. The Labute approximate surface area is 189 Å². The number of nitrogens with zero attached hydrogens (tertiary/aromatic N) is 5. The van der Waals surface area contributed by atoms with Crippen LogP contribution < -0.4 is 10.4 Å². The molecule has 2 heterocycles. The van der Waals surface area contributed by atoms with Crippen molar-refractivity contribution in [1.29, 1.82) is 0 Å². The molecular formula is C23H22N6O4. The van der Waals surface area contributed by atoms with E-state index >= 15 is 0 Å². The van der Waals surface area contributed by atoms with Crippen molar-refractivity contribution in [2.75, 3.05) is 5.01 Å². The van der Waals surface area contributed by atoms with Crippen molar-refractivity contribution in [2.45, 2.75) is 39.3 Å². The molecule has 4 rings (SSSR count). The summed E-state index contributed by atoms with van der Waals surface area (Å²) in [5.41, 5.74) is 4.36. The molecule has 0 saturated carbocycles. The molecule has 0 bridgehead atoms. The van der Waals surface area contributed by atoms with E-state index in [4.69, 9.17) is 0 Å². The van der Waals surface area contributed by atoms with Gasteiger partial charge in [0.2, 0.25) is 5.54 Å². The van der Waals surface area contributed by atoms with Gasteiger partial charge in [0, 0.05) is 0 Å². The van der Waals surface area contributed by atoms with E-state index in [0.29, 0.717) is 17.0 Å². The van der Waals surface area contributed by atoms with Crippen LogP contribution >= 0.6 is 0 Å². The van der Waals surface area contributed by atoms with E-state index in [1.165, 1.54) is 18.2 Å². The van der Waals surface area contributed by atoms with Crippen LogP contribution in [-0.2, 0) is 15.1 Å². The summed E-state index contributed by atoms with van der Waals surface area (Å²) in [6, 6.07) is 10.5. The number of carbonyl (C=O) groups is 3. The van der Waals surface area contributed by atoms with E-state index in [0.717, 1.165) is 16.1 Å². The molecule has 10 nitrogen and oxygen atoms in total. The summed E-state index contributed by atoms with van der Waals surface area (Å²) >= 11 is 0. The standard InChI is InChI=1S/C23H22N6O4/c1-12-8-9-17(10-13(12)2)23(28-25-19-14(3)24-26-20(19)30)15(4)27-29(22(23)33)18-7-5-6-16(11-18)21(31)32/h5-11,19H,1-4H3,(H,26,30)(H,31,32). The van der Waals surface area contributed by atoms with Crippen LogP contribution in [0.15, 0.2) is 62.9 Å². The Balaban J connectivity index is 1.85. The largest absolute Gasteiger partial charge is 0.478 e. The highest BCUT2D eigenvalue weighted by atomic mass is 16.4. The monoisotopic (exact) mass is 446 g/mol. The molecule has 0 aromatic heterocycles. The van der Waals surface area contributed by atoms with Crippen molar-refractivity contribution in [2.24, 2.45) is 20.4 Å². The second-order valence-corrected chi connectivity index (χ2v) is 8.01. The first-order valence-electron chi connectivity index (χ1n) is 10.2. The quantitative estimate of drug-likeness (QED) is 0.682. The molecule has 2 aromatic carbocycles. The summed E-state index contributed by atoms with van der Waals surface area (Å²) in [6.07, 6.45) is 0. The lowest BCUT2D eigenvalue weighted by atomic mass is 9.84. The normalized spacial score (nSPS) is 22.5. The number of hydrogen-bond acceptors (Lipinski definition) is 7. The van der Waals surface area contributed by atoms with Crippen molar-refractivity contribution in [3.63, 3.8) is 0 Å². The summed E-state index contributed by atoms with van der Waals surface area (Å²) < 4.78 is 0. The maximum Gasteiger partial charge on any atom is 0.335 e. The van der Waals surface area contributed by atoms with E-state index in [-0.39, 0.29) is 11.3 Å². The molecule has 2 amide bonds. The van der Waals surface area contributed by atoms with Gasteiger partial charge >= 0.3 is 5.97 Å². The van der Waals surface area contributed by atoms with Gasteiger partial charge in [-0.2, -0.15) is 25.4 Å². The Kier molecular flexibility index (Phi) is 5.36. The Bertz CT molecular complexity index is 1280. The third-order valence-electron chi connectivity index (χ3n) is 5.85. The molecule has 0 fully saturated rings. The van der Waals surface area contributed by atoms with Crippen LogP contribution in [0.1, 0.15) is 40.9 Å². The van der Waals surface area contributed by atoms with Crippen LogP contribution in [0.2, 0.25) is 0 Å². The predicted molar refractivity (Wildman–Crippen MR) is 121 cm³/mol. The molecule has 0 spiro atoms. The van der Waals surface area contributed by atoms with Crippen molar-refractivity contribution >= 4 is 34.9 Å². The Morgan fingerprint density at radius 2 is 1.85 bits per heavy atom. The van der Waals surface area contributed by atoms with Gasteiger partial charge in [-0.3, -0.25) is 9.59 Å². The molecule has 0 saturated heterocycles. The van der Waals surface area contributed by atoms with Crippen molar-refractivity contribution in [3.05, 3.63) is 64.7 Å². The minimum Gasteiger partial charge on any atom is -0.478 e. The summed E-state index contributed by atoms with van der Waals surface area (Å²) in [5.74, 6) is -2.08. The van der Waals surface area contributed by atoms with Gasteiger partial charge in [0.05, 0.1) is 22.7 Å². The van der Waals surface area contributed by atoms with Gasteiger partial charge in [-0.1, -0.05) is 24.3 Å². The zero-order valence-electron chi connectivity index (χ0n) is 18.5. The second-order valence-electron chi connectivity index (χ2n) is 8.01. The zero-order chi connectivity index (χ0) is 23.9. The second kappa shape index (κ2) is 8.05. The Hall–Kier alpha value is -4.21. The molecular weight excluding hydrogens is 424 g/mol. The van der Waals surface area contributed by atoms with Crippen molar-refractivity contribution < 1.29 is 19.5 Å². The van der Waals surface area contributed by atoms with Gasteiger partial charge in [0.15, 0.2) is 6.04 Å². The topological polar surface area (TPSA) is 136 Å². The lowest BCUT2D eigenvalue weighted by Gasteiger charge is -2.24. The van der Waals surface area contributed by atoms with E-state index in [1.54, 1.807) is 26.0 Å². The number of carboxylic acids is 1. The number of anilines is 1. The summed E-state index contributed by atoms with van der Waals surface area (Å²) in [5, 5.41) is 27.4. The third-order valence-corrected chi connectivity index (χ3v) is 5.85. The molecule has 2 N–H and O–H groups in total. The van der Waals surface area contributed by atoms with Gasteiger partial charge in [-0.15, -0.1) is 0 Å². The summed E-state index contributed by atoms with van der Waals surface area (Å²) in [6.45, 7) is 7.18. The fourth-order valence-electron chi connectivity index (χ4n) is 3.73. The highest BCUT2D eigenvalue weighted by molar-refractivity contribution is 6.23. The number of amides is 2. The van der Waals surface area contributed by atoms with Crippen LogP contribution in [0.25, 0.3) is 0 Å². The number of aryl methyl sites for hydroxylation is 2. The molecule has 2 unspecified atom stereocenters. The third kappa shape index (κ3) is 3.59. The zero-order valence-corrected chi connectivity index (χ0v) is 18.5. The number of aromatic carboxylic acids is 1. The summed E-state index contributed by atoms with van der Waals surface area (Å²) in [4.78, 5) is 37.4. The Morgan fingerprint density at radius 3 is 2.48 bits per heavy atom. The van der Waals surface area contributed by atoms with E-state index < -0.39 is 29.4 Å². The number of nitrogens with one attached hydrogen (secondary N) is 1. The average molecular weight is 446 g/mol. The van der Waals surface area contributed by atoms with E-state index in [1.807, 2.05) is 26.0 Å². The first kappa shape index (κ1) is 22.0. The maximum atomic E-state index is 13.9. The average Bonchev–Trinajstić information content (AvgIpc) is 3.24. The first-order chi connectivity index (χ1) is 15.6. The number of azo groups is 1. The predicted octanol–water partition coefficient (Wildman–Crippen LogP) is 2.95. The molecule has 0 aliphatic carbocycles. The van der Waals surface area contributed by atoms with Crippen LogP contribution in [-0.4, -0.2) is 40.4 Å². The van der Waals surface area contributed by atoms with Crippen LogP contribution in [0.4, 0.5) is 5.69 Å². The molecule has 2 atom stereocenters. The van der Waals surface area contributed by atoms with Crippen molar-refractivity contribution in [3.8, 4) is 0 Å². The van der Waals surface area contributed by atoms with E-state index in [2.05, 4.69) is 25.9 Å². The number of hydrazone groups is 2. The molecule has 10 heteroatoms. The SMILES string of the molecule is CC1=NNC(=O)C1N=NC1(c2ccc(C)c(C)c2)C(=O)N(c2cccc(C(=O)O)c2)N=C1C. The molecule has 0 radical (unpaired) electrons. The molecule has 33 heavy (non-hydrogen) atoms. The minimum atomic E-state index is -1.61. The first-order valence-corrected chi connectivity index (χ1v) is 10.2. The van der Waals surface area contributed by atoms with Crippen LogP contribution in [0, 0.1) is 13.8 Å². The number of benzene rings is 2. The molecule has 2 aromatic rings. The smallest absolute Gasteiger partial charge is 0.335 e. The van der Waals surface area contributed by atoms with Gasteiger partial charge in [-0.05, 0) is 62.6 Å². The van der Waals surface area contributed by atoms with Gasteiger partial charge in [0.1, 0.15) is 0 Å². The van der Waals surface area contributed by atoms with Gasteiger partial charge in [0.25, 0.3) is 11.8 Å². The fraction of sp³-hybridized carbons (Fsp3) is 0.261. The highest BCUT2D eigenvalue weighted by Gasteiger charge is 2.52. The fourth-order valence-corrected chi connectivity index (χ4v) is 3.73.